The third kappa shape index (κ3) is 2.82. The summed E-state index contributed by atoms with van der Waals surface area (Å²) in [6, 6.07) is 8.36. The van der Waals surface area contributed by atoms with Crippen LogP contribution in [0.1, 0.15) is 21.5 Å². The number of nitrogens with one attached hydrogen (secondary N) is 1. The van der Waals surface area contributed by atoms with Crippen LogP contribution in [-0.2, 0) is 0 Å². The first kappa shape index (κ1) is 14.5. The molecule has 3 N–H and O–H groups in total. The second-order valence-electron chi connectivity index (χ2n) is 4.42. The maximum atomic E-state index is 13.9. The zero-order valence-electron chi connectivity index (χ0n) is 11.1. The molecule has 21 heavy (non-hydrogen) atoms. The van der Waals surface area contributed by atoms with Crippen molar-refractivity contribution < 1.29 is 13.6 Å². The molecule has 1 amide bonds. The Bertz CT molecular complexity index is 766. The Morgan fingerprint density at radius 1 is 1.29 bits per heavy atom. The van der Waals surface area contributed by atoms with Gasteiger partial charge in [-0.05, 0) is 36.8 Å². The minimum atomic E-state index is -0.956. The summed E-state index contributed by atoms with van der Waals surface area (Å²) >= 11 is 0. The van der Waals surface area contributed by atoms with E-state index in [1.165, 1.54) is 31.2 Å². The highest BCUT2D eigenvalue weighted by Crippen LogP contribution is 2.22. The number of amides is 1. The van der Waals surface area contributed by atoms with Crippen molar-refractivity contribution in [2.75, 3.05) is 11.1 Å². The Kier molecular flexibility index (Phi) is 3.85. The molecule has 0 atom stereocenters. The van der Waals surface area contributed by atoms with Crippen LogP contribution < -0.4 is 11.1 Å². The maximum Gasteiger partial charge on any atom is 0.261 e. The molecule has 2 aromatic carbocycles. The number of aryl methyl sites for hydroxylation is 1. The Hall–Kier alpha value is -2.94. The highest BCUT2D eigenvalue weighted by atomic mass is 19.1. The third-order valence-corrected chi connectivity index (χ3v) is 2.94. The van der Waals surface area contributed by atoms with Crippen molar-refractivity contribution in [2.45, 2.75) is 6.92 Å². The Labute approximate surface area is 119 Å². The summed E-state index contributed by atoms with van der Waals surface area (Å²) in [5.41, 5.74) is 5.80. The molecule has 0 aromatic heterocycles. The first-order valence-corrected chi connectivity index (χ1v) is 5.99. The number of carbonyl (C=O) groups excluding carboxylic acids is 1. The molecule has 0 spiro atoms. The van der Waals surface area contributed by atoms with Gasteiger partial charge >= 0.3 is 0 Å². The van der Waals surface area contributed by atoms with Gasteiger partial charge < -0.3 is 11.1 Å². The molecule has 0 fully saturated rings. The number of anilines is 2. The smallest absolute Gasteiger partial charge is 0.261 e. The molecule has 0 unspecified atom stereocenters. The van der Waals surface area contributed by atoms with Gasteiger partial charge in [-0.1, -0.05) is 6.07 Å². The van der Waals surface area contributed by atoms with Gasteiger partial charge in [0.15, 0.2) is 0 Å². The van der Waals surface area contributed by atoms with E-state index in [0.717, 1.165) is 6.07 Å². The number of nitrogens with zero attached hydrogens (tertiary/aromatic N) is 1. The molecule has 0 aliphatic rings. The van der Waals surface area contributed by atoms with Gasteiger partial charge in [-0.3, -0.25) is 4.79 Å². The predicted octanol–water partition coefficient (Wildman–Crippen LogP) is 2.98. The molecule has 0 saturated carbocycles. The summed E-state index contributed by atoms with van der Waals surface area (Å²) in [5, 5.41) is 11.1. The topological polar surface area (TPSA) is 78.9 Å². The van der Waals surface area contributed by atoms with Crippen LogP contribution in [0.2, 0.25) is 0 Å². The Morgan fingerprint density at radius 3 is 2.62 bits per heavy atom. The number of nitrogen functional groups attached to an aromatic ring is 1. The van der Waals surface area contributed by atoms with E-state index in [-0.39, 0.29) is 16.9 Å². The van der Waals surface area contributed by atoms with Crippen LogP contribution in [-0.4, -0.2) is 5.91 Å². The van der Waals surface area contributed by atoms with E-state index in [1.54, 1.807) is 0 Å². The van der Waals surface area contributed by atoms with Crippen molar-refractivity contribution >= 4 is 17.3 Å². The number of rotatable bonds is 2. The average Bonchev–Trinajstić information content (AvgIpc) is 2.45. The Morgan fingerprint density at radius 2 is 2.00 bits per heavy atom. The van der Waals surface area contributed by atoms with E-state index in [9.17, 15) is 13.6 Å². The van der Waals surface area contributed by atoms with E-state index in [2.05, 4.69) is 5.32 Å². The number of nitrogens with two attached hydrogens (primary N) is 1. The minimum Gasteiger partial charge on any atom is -0.397 e. The maximum absolute atomic E-state index is 13.9. The number of benzene rings is 2. The SMILES string of the molecule is Cc1ccc(F)c(C(=O)Nc2ccc(C#N)cc2N)c1F. The first-order chi connectivity index (χ1) is 9.93. The minimum absolute atomic E-state index is 0.135. The predicted molar refractivity (Wildman–Crippen MR) is 74.6 cm³/mol. The highest BCUT2D eigenvalue weighted by Gasteiger charge is 2.19. The molecule has 2 rings (SSSR count). The molecule has 6 heteroatoms. The van der Waals surface area contributed by atoms with Gasteiger partial charge in [0, 0.05) is 0 Å². The van der Waals surface area contributed by atoms with Crippen LogP contribution in [0.5, 0.6) is 0 Å². The molecule has 0 aliphatic heterocycles. The molecule has 4 nitrogen and oxygen atoms in total. The van der Waals surface area contributed by atoms with Crippen molar-refractivity contribution in [1.82, 2.24) is 0 Å². The molecule has 0 saturated heterocycles. The largest absolute Gasteiger partial charge is 0.397 e. The highest BCUT2D eigenvalue weighted by molar-refractivity contribution is 6.06. The van der Waals surface area contributed by atoms with Gasteiger partial charge in [0.25, 0.3) is 5.91 Å². The normalized spacial score (nSPS) is 10.0. The Balaban J connectivity index is 2.35. The van der Waals surface area contributed by atoms with E-state index < -0.39 is 23.1 Å². The van der Waals surface area contributed by atoms with Crippen LogP contribution in [0.15, 0.2) is 30.3 Å². The molecule has 0 radical (unpaired) electrons. The molecule has 0 bridgehead atoms. The summed E-state index contributed by atoms with van der Waals surface area (Å²) in [6.45, 7) is 1.43. The fourth-order valence-corrected chi connectivity index (χ4v) is 1.80. The van der Waals surface area contributed by atoms with Gasteiger partial charge in [-0.25, -0.2) is 8.78 Å². The number of hydrogen-bond donors (Lipinski definition) is 2. The van der Waals surface area contributed by atoms with Crippen LogP contribution in [0.25, 0.3) is 0 Å². The lowest BCUT2D eigenvalue weighted by Gasteiger charge is -2.10. The van der Waals surface area contributed by atoms with E-state index in [1.807, 2.05) is 6.07 Å². The lowest BCUT2D eigenvalue weighted by molar-refractivity contribution is 0.101. The van der Waals surface area contributed by atoms with Crippen molar-refractivity contribution in [2.24, 2.45) is 0 Å². The fourth-order valence-electron chi connectivity index (χ4n) is 1.80. The van der Waals surface area contributed by atoms with Crippen LogP contribution in [0, 0.1) is 29.9 Å². The summed E-state index contributed by atoms with van der Waals surface area (Å²) in [7, 11) is 0. The van der Waals surface area contributed by atoms with Crippen LogP contribution in [0.4, 0.5) is 20.2 Å². The summed E-state index contributed by atoms with van der Waals surface area (Å²) < 4.78 is 27.5. The molecule has 0 aliphatic carbocycles. The standard InChI is InChI=1S/C15H11F2N3O/c1-8-2-4-10(16)13(14(8)17)15(21)20-12-5-3-9(7-18)6-11(12)19/h2-6H,19H2,1H3,(H,20,21). The zero-order valence-corrected chi connectivity index (χ0v) is 11.1. The lowest BCUT2D eigenvalue weighted by atomic mass is 10.1. The molecule has 2 aromatic rings. The third-order valence-electron chi connectivity index (χ3n) is 2.94. The van der Waals surface area contributed by atoms with Gasteiger partial charge in [0.1, 0.15) is 17.2 Å². The van der Waals surface area contributed by atoms with Crippen molar-refractivity contribution in [3.05, 3.63) is 58.7 Å². The second kappa shape index (κ2) is 5.59. The number of carbonyl (C=O) groups is 1. The monoisotopic (exact) mass is 287 g/mol. The molecule has 106 valence electrons. The van der Waals surface area contributed by atoms with E-state index in [4.69, 9.17) is 11.0 Å². The van der Waals surface area contributed by atoms with Gasteiger partial charge in [-0.15, -0.1) is 0 Å². The molecular formula is C15H11F2N3O. The summed E-state index contributed by atoms with van der Waals surface area (Å²) in [5.74, 6) is -2.81. The number of nitriles is 1. The lowest BCUT2D eigenvalue weighted by Crippen LogP contribution is -2.17. The zero-order chi connectivity index (χ0) is 15.6. The summed E-state index contributed by atoms with van der Waals surface area (Å²) in [4.78, 5) is 12.0. The number of halogens is 2. The van der Waals surface area contributed by atoms with Crippen molar-refractivity contribution in [3.63, 3.8) is 0 Å². The van der Waals surface area contributed by atoms with Gasteiger partial charge in [0.2, 0.25) is 0 Å². The molecular weight excluding hydrogens is 276 g/mol. The molecule has 0 heterocycles. The van der Waals surface area contributed by atoms with E-state index >= 15 is 0 Å². The van der Waals surface area contributed by atoms with E-state index in [0.29, 0.717) is 5.56 Å². The fraction of sp³-hybridized carbons (Fsp3) is 0.0667. The first-order valence-electron chi connectivity index (χ1n) is 5.99. The van der Waals surface area contributed by atoms with Crippen LogP contribution >= 0.6 is 0 Å². The average molecular weight is 287 g/mol. The van der Waals surface area contributed by atoms with Crippen molar-refractivity contribution in [1.29, 1.82) is 5.26 Å². The summed E-state index contributed by atoms with van der Waals surface area (Å²) in [6.07, 6.45) is 0. The van der Waals surface area contributed by atoms with Gasteiger partial charge in [0.05, 0.1) is 23.0 Å². The quantitative estimate of drug-likeness (QED) is 0.833. The van der Waals surface area contributed by atoms with Crippen LogP contribution in [0.3, 0.4) is 0 Å². The second-order valence-corrected chi connectivity index (χ2v) is 4.42. The number of hydrogen-bond acceptors (Lipinski definition) is 3. The van der Waals surface area contributed by atoms with Gasteiger partial charge in [-0.2, -0.15) is 5.26 Å². The van der Waals surface area contributed by atoms with Crippen molar-refractivity contribution in [3.8, 4) is 6.07 Å².